The smallest absolute Gasteiger partial charge is 0.0609 e. The van der Waals surface area contributed by atoms with E-state index < -0.39 is 0 Å². The summed E-state index contributed by atoms with van der Waals surface area (Å²) in [5.41, 5.74) is 2.82. The Balaban J connectivity index is 2.18. The van der Waals surface area contributed by atoms with E-state index in [-0.39, 0.29) is 6.10 Å². The van der Waals surface area contributed by atoms with Crippen molar-refractivity contribution in [3.05, 3.63) is 47.5 Å². The molecule has 1 nitrogen and oxygen atoms in total. The quantitative estimate of drug-likeness (QED) is 0.841. The number of aliphatic hydroxyl groups is 1. The Morgan fingerprint density at radius 2 is 1.84 bits per heavy atom. The lowest BCUT2D eigenvalue weighted by Gasteiger charge is -2.30. The summed E-state index contributed by atoms with van der Waals surface area (Å²) in [6.45, 7) is 2.21. The second-order valence-corrected chi connectivity index (χ2v) is 5.67. The summed E-state index contributed by atoms with van der Waals surface area (Å²) >= 11 is 0. The van der Waals surface area contributed by atoms with E-state index in [2.05, 4.69) is 43.3 Å². The molecule has 1 aliphatic carbocycles. The van der Waals surface area contributed by atoms with Crippen molar-refractivity contribution >= 4 is 10.8 Å². The van der Waals surface area contributed by atoms with Gasteiger partial charge in [0.1, 0.15) is 0 Å². The molecule has 0 aliphatic heterocycles. The number of benzene rings is 2. The van der Waals surface area contributed by atoms with E-state index in [1.54, 1.807) is 0 Å². The Labute approximate surface area is 115 Å². The van der Waals surface area contributed by atoms with E-state index in [9.17, 15) is 5.11 Å². The fourth-order valence-electron chi connectivity index (χ4n) is 3.53. The molecule has 1 fully saturated rings. The number of rotatable bonds is 2. The monoisotopic (exact) mass is 254 g/mol. The van der Waals surface area contributed by atoms with Crippen LogP contribution in [0.25, 0.3) is 10.8 Å². The summed E-state index contributed by atoms with van der Waals surface area (Å²) in [7, 11) is 0. The fraction of sp³-hybridized carbons (Fsp3) is 0.444. The van der Waals surface area contributed by atoms with Crippen molar-refractivity contribution in [3.8, 4) is 0 Å². The molecule has 2 aromatic carbocycles. The molecule has 3 rings (SSSR count). The van der Waals surface area contributed by atoms with Crippen molar-refractivity contribution < 1.29 is 5.11 Å². The molecule has 0 radical (unpaired) electrons. The summed E-state index contributed by atoms with van der Waals surface area (Å²) in [6.07, 6.45) is 5.38. The molecular weight excluding hydrogens is 232 g/mol. The molecule has 0 spiro atoms. The van der Waals surface area contributed by atoms with Crippen LogP contribution in [0.3, 0.4) is 0 Å². The average Bonchev–Trinajstić information content (AvgIpc) is 2.47. The molecule has 1 aliphatic rings. The zero-order chi connectivity index (χ0) is 13.2. The number of hydrogen-bond donors (Lipinski definition) is 1. The Hall–Kier alpha value is -1.34. The first kappa shape index (κ1) is 12.7. The lowest BCUT2D eigenvalue weighted by Crippen LogP contribution is -2.23. The van der Waals surface area contributed by atoms with Gasteiger partial charge in [-0.05, 0) is 41.2 Å². The summed E-state index contributed by atoms with van der Waals surface area (Å²) in [5, 5.41) is 13.0. The van der Waals surface area contributed by atoms with Gasteiger partial charge >= 0.3 is 0 Å². The van der Waals surface area contributed by atoms with Crippen LogP contribution in [-0.4, -0.2) is 11.2 Å². The minimum atomic E-state index is -0.162. The van der Waals surface area contributed by atoms with Gasteiger partial charge in [-0.15, -0.1) is 0 Å². The van der Waals surface area contributed by atoms with Gasteiger partial charge in [0.2, 0.25) is 0 Å². The van der Waals surface area contributed by atoms with E-state index >= 15 is 0 Å². The van der Waals surface area contributed by atoms with Gasteiger partial charge in [0, 0.05) is 5.92 Å². The van der Waals surface area contributed by atoms with E-state index in [1.165, 1.54) is 34.7 Å². The molecular formula is C18H22O. The third-order valence-corrected chi connectivity index (χ3v) is 4.54. The van der Waals surface area contributed by atoms with Gasteiger partial charge in [0.15, 0.2) is 0 Å². The highest BCUT2D eigenvalue weighted by molar-refractivity contribution is 5.87. The maximum atomic E-state index is 10.4. The SMILES string of the molecule is CCc1ccc2ccccc2c1[C@H]1CCCC[C@H]1O. The van der Waals surface area contributed by atoms with Crippen LogP contribution in [0.5, 0.6) is 0 Å². The lowest BCUT2D eigenvalue weighted by atomic mass is 9.77. The molecule has 1 saturated carbocycles. The second-order valence-electron chi connectivity index (χ2n) is 5.67. The predicted molar refractivity (Wildman–Crippen MR) is 80.5 cm³/mol. The summed E-state index contributed by atoms with van der Waals surface area (Å²) < 4.78 is 0. The number of fused-ring (bicyclic) bond motifs is 1. The Morgan fingerprint density at radius 1 is 1.05 bits per heavy atom. The van der Waals surface area contributed by atoms with Crippen LogP contribution in [0.4, 0.5) is 0 Å². The van der Waals surface area contributed by atoms with E-state index in [0.717, 1.165) is 19.3 Å². The standard InChI is InChI=1S/C18H22O/c1-2-13-11-12-14-7-3-4-8-15(14)18(13)16-9-5-6-10-17(16)19/h3-4,7-8,11-12,16-17,19H,2,5-6,9-10H2,1H3/t16-,17+/m0/s1. The van der Waals surface area contributed by atoms with Crippen molar-refractivity contribution in [1.29, 1.82) is 0 Å². The van der Waals surface area contributed by atoms with Crippen LogP contribution in [0.2, 0.25) is 0 Å². The van der Waals surface area contributed by atoms with Gasteiger partial charge in [-0.1, -0.05) is 56.2 Å². The molecule has 0 saturated heterocycles. The molecule has 1 N–H and O–H groups in total. The highest BCUT2D eigenvalue weighted by Crippen LogP contribution is 2.38. The first-order valence-corrected chi connectivity index (χ1v) is 7.50. The number of aliphatic hydroxyl groups excluding tert-OH is 1. The number of aryl methyl sites for hydroxylation is 1. The largest absolute Gasteiger partial charge is 0.392 e. The van der Waals surface area contributed by atoms with Crippen LogP contribution in [0, 0.1) is 0 Å². The maximum Gasteiger partial charge on any atom is 0.0609 e. The maximum absolute atomic E-state index is 10.4. The molecule has 0 heterocycles. The van der Waals surface area contributed by atoms with Crippen LogP contribution >= 0.6 is 0 Å². The van der Waals surface area contributed by atoms with Gasteiger partial charge in [0.05, 0.1) is 6.10 Å². The third-order valence-electron chi connectivity index (χ3n) is 4.54. The van der Waals surface area contributed by atoms with Crippen LogP contribution < -0.4 is 0 Å². The van der Waals surface area contributed by atoms with Gasteiger partial charge in [0.25, 0.3) is 0 Å². The van der Waals surface area contributed by atoms with Crippen LogP contribution in [0.15, 0.2) is 36.4 Å². The molecule has 2 aromatic rings. The van der Waals surface area contributed by atoms with Crippen molar-refractivity contribution in [2.45, 2.75) is 51.0 Å². The van der Waals surface area contributed by atoms with Gasteiger partial charge < -0.3 is 5.11 Å². The van der Waals surface area contributed by atoms with Gasteiger partial charge in [-0.2, -0.15) is 0 Å². The molecule has 100 valence electrons. The van der Waals surface area contributed by atoms with Crippen molar-refractivity contribution in [2.24, 2.45) is 0 Å². The van der Waals surface area contributed by atoms with Crippen molar-refractivity contribution in [1.82, 2.24) is 0 Å². The van der Waals surface area contributed by atoms with E-state index in [0.29, 0.717) is 5.92 Å². The summed E-state index contributed by atoms with van der Waals surface area (Å²) in [5.74, 6) is 0.329. The molecule has 0 amide bonds. The second kappa shape index (κ2) is 5.34. The topological polar surface area (TPSA) is 20.2 Å². The van der Waals surface area contributed by atoms with Gasteiger partial charge in [-0.25, -0.2) is 0 Å². The first-order chi connectivity index (χ1) is 9.31. The van der Waals surface area contributed by atoms with Gasteiger partial charge in [-0.3, -0.25) is 0 Å². The van der Waals surface area contributed by atoms with Crippen molar-refractivity contribution in [2.75, 3.05) is 0 Å². The van der Waals surface area contributed by atoms with Crippen LogP contribution in [-0.2, 0) is 6.42 Å². The Bertz CT molecular complexity index is 573. The molecule has 0 unspecified atom stereocenters. The molecule has 1 heteroatoms. The molecule has 0 aromatic heterocycles. The zero-order valence-corrected chi connectivity index (χ0v) is 11.6. The first-order valence-electron chi connectivity index (χ1n) is 7.50. The predicted octanol–water partition coefficient (Wildman–Crippen LogP) is 4.42. The minimum Gasteiger partial charge on any atom is -0.392 e. The highest BCUT2D eigenvalue weighted by atomic mass is 16.3. The Kier molecular flexibility index (Phi) is 3.56. The summed E-state index contributed by atoms with van der Waals surface area (Å²) in [6, 6.07) is 13.1. The van der Waals surface area contributed by atoms with Crippen LogP contribution in [0.1, 0.15) is 49.7 Å². The average molecular weight is 254 g/mol. The molecule has 2 atom stereocenters. The van der Waals surface area contributed by atoms with Crippen molar-refractivity contribution in [3.63, 3.8) is 0 Å². The number of hydrogen-bond acceptors (Lipinski definition) is 1. The fourth-order valence-corrected chi connectivity index (χ4v) is 3.53. The van der Waals surface area contributed by atoms with E-state index in [1.807, 2.05) is 0 Å². The zero-order valence-electron chi connectivity index (χ0n) is 11.6. The van der Waals surface area contributed by atoms with E-state index in [4.69, 9.17) is 0 Å². The molecule has 19 heavy (non-hydrogen) atoms. The minimum absolute atomic E-state index is 0.162. The molecule has 0 bridgehead atoms. The lowest BCUT2D eigenvalue weighted by molar-refractivity contribution is 0.106. The third kappa shape index (κ3) is 2.28. The normalized spacial score (nSPS) is 23.7. The summed E-state index contributed by atoms with van der Waals surface area (Å²) in [4.78, 5) is 0. The highest BCUT2D eigenvalue weighted by Gasteiger charge is 2.27. The Morgan fingerprint density at radius 3 is 2.63 bits per heavy atom.